The van der Waals surface area contributed by atoms with Gasteiger partial charge in [-0.1, -0.05) is 6.92 Å². The highest BCUT2D eigenvalue weighted by atomic mass is 16.2. The molecule has 1 rings (SSSR count). The van der Waals surface area contributed by atoms with Crippen LogP contribution < -0.4 is 0 Å². The van der Waals surface area contributed by atoms with Gasteiger partial charge in [-0.25, -0.2) is 0 Å². The van der Waals surface area contributed by atoms with Gasteiger partial charge < -0.3 is 4.90 Å². The van der Waals surface area contributed by atoms with Crippen molar-refractivity contribution in [2.24, 2.45) is 5.92 Å². The van der Waals surface area contributed by atoms with Crippen LogP contribution in [0.4, 0.5) is 0 Å². The molecular formula is C13H23N3O. The van der Waals surface area contributed by atoms with Gasteiger partial charge in [0, 0.05) is 13.1 Å². The fourth-order valence-corrected chi connectivity index (χ4v) is 2.35. The lowest BCUT2D eigenvalue weighted by atomic mass is 9.87. The van der Waals surface area contributed by atoms with E-state index in [9.17, 15) is 4.79 Å². The molecule has 0 radical (unpaired) electrons. The van der Waals surface area contributed by atoms with Crippen molar-refractivity contribution in [3.05, 3.63) is 0 Å². The fourth-order valence-electron chi connectivity index (χ4n) is 2.35. The van der Waals surface area contributed by atoms with Crippen LogP contribution >= 0.6 is 0 Å². The van der Waals surface area contributed by atoms with Gasteiger partial charge in [0.05, 0.1) is 19.2 Å². The first-order valence-corrected chi connectivity index (χ1v) is 6.35. The van der Waals surface area contributed by atoms with Crippen molar-refractivity contribution < 1.29 is 4.79 Å². The van der Waals surface area contributed by atoms with Crippen molar-refractivity contribution in [3.63, 3.8) is 0 Å². The van der Waals surface area contributed by atoms with Gasteiger partial charge in [0.15, 0.2) is 0 Å². The molecule has 0 unspecified atom stereocenters. The molecule has 0 bridgehead atoms. The van der Waals surface area contributed by atoms with E-state index in [0.717, 1.165) is 18.8 Å². The quantitative estimate of drug-likeness (QED) is 0.696. The largest absolute Gasteiger partial charge is 0.342 e. The van der Waals surface area contributed by atoms with Gasteiger partial charge in [-0.2, -0.15) is 5.26 Å². The highest BCUT2D eigenvalue weighted by Crippen LogP contribution is 2.26. The Kier molecular flexibility index (Phi) is 5.43. The minimum absolute atomic E-state index is 0.127. The second-order valence-electron chi connectivity index (χ2n) is 5.25. The maximum atomic E-state index is 12.0. The first kappa shape index (κ1) is 14.0. The fraction of sp³-hybridized carbons (Fsp3) is 0.846. The minimum atomic E-state index is 0.127. The molecule has 0 heterocycles. The van der Waals surface area contributed by atoms with E-state index in [2.05, 4.69) is 13.0 Å². The first-order valence-electron chi connectivity index (χ1n) is 6.35. The summed E-state index contributed by atoms with van der Waals surface area (Å²) < 4.78 is 0. The number of carbonyl (C=O) groups excluding carboxylic acids is 1. The number of carbonyl (C=O) groups is 1. The highest BCUT2D eigenvalue weighted by Gasteiger charge is 2.24. The van der Waals surface area contributed by atoms with Gasteiger partial charge >= 0.3 is 0 Å². The predicted octanol–water partition coefficient (Wildman–Crippen LogP) is 1.48. The van der Waals surface area contributed by atoms with Crippen molar-refractivity contribution in [3.8, 4) is 6.07 Å². The number of likely N-dealkylation sites (N-methyl/N-ethyl adjacent to an activating group) is 2. The molecule has 1 aliphatic rings. The Morgan fingerprint density at radius 3 is 2.41 bits per heavy atom. The number of rotatable bonds is 4. The van der Waals surface area contributed by atoms with Crippen molar-refractivity contribution in [1.29, 1.82) is 5.26 Å². The number of hydrogen-bond donors (Lipinski definition) is 0. The summed E-state index contributed by atoms with van der Waals surface area (Å²) >= 11 is 0. The lowest BCUT2D eigenvalue weighted by Crippen LogP contribution is -2.43. The van der Waals surface area contributed by atoms with Gasteiger partial charge in [0.2, 0.25) is 5.91 Å². The lowest BCUT2D eigenvalue weighted by molar-refractivity contribution is -0.133. The molecule has 0 N–H and O–H groups in total. The average Bonchev–Trinajstić information content (AvgIpc) is 2.29. The molecule has 0 spiro atoms. The van der Waals surface area contributed by atoms with Crippen LogP contribution in [-0.4, -0.2) is 48.9 Å². The number of nitrogens with zero attached hydrogens (tertiary/aromatic N) is 3. The summed E-state index contributed by atoms with van der Waals surface area (Å²) in [7, 11) is 3.70. The summed E-state index contributed by atoms with van der Waals surface area (Å²) in [5.74, 6) is 0.929. The summed E-state index contributed by atoms with van der Waals surface area (Å²) in [6, 6.07) is 2.45. The Labute approximate surface area is 104 Å². The zero-order valence-electron chi connectivity index (χ0n) is 11.1. The molecule has 4 nitrogen and oxygen atoms in total. The normalized spacial score (nSPS) is 24.4. The molecule has 0 saturated heterocycles. The third-order valence-corrected chi connectivity index (χ3v) is 3.67. The molecule has 96 valence electrons. The number of amides is 1. The van der Waals surface area contributed by atoms with Gasteiger partial charge in [0.25, 0.3) is 0 Å². The van der Waals surface area contributed by atoms with Gasteiger partial charge in [-0.3, -0.25) is 9.69 Å². The Morgan fingerprint density at radius 2 is 1.88 bits per heavy atom. The standard InChI is InChI=1S/C13H23N3O/c1-11-4-6-12(7-5-11)16(3)13(17)10-15(2)9-8-14/h11-12H,4-7,9-10H2,1-3H3. The second kappa shape index (κ2) is 6.61. The molecular weight excluding hydrogens is 214 g/mol. The van der Waals surface area contributed by atoms with Crippen LogP contribution in [0.15, 0.2) is 0 Å². The minimum Gasteiger partial charge on any atom is -0.342 e. The van der Waals surface area contributed by atoms with Gasteiger partial charge in [0.1, 0.15) is 0 Å². The van der Waals surface area contributed by atoms with Crippen LogP contribution in [0.5, 0.6) is 0 Å². The molecule has 0 aliphatic heterocycles. The van der Waals surface area contributed by atoms with E-state index < -0.39 is 0 Å². The van der Waals surface area contributed by atoms with E-state index >= 15 is 0 Å². The van der Waals surface area contributed by atoms with Crippen molar-refractivity contribution in [2.75, 3.05) is 27.2 Å². The number of nitriles is 1. The topological polar surface area (TPSA) is 47.3 Å². The summed E-state index contributed by atoms with van der Waals surface area (Å²) in [4.78, 5) is 15.6. The third kappa shape index (κ3) is 4.35. The average molecular weight is 237 g/mol. The Morgan fingerprint density at radius 1 is 1.29 bits per heavy atom. The SMILES string of the molecule is CC1CCC(N(C)C(=O)CN(C)CC#N)CC1. The molecule has 4 heteroatoms. The summed E-state index contributed by atoms with van der Waals surface area (Å²) in [6.07, 6.45) is 4.67. The molecule has 0 atom stereocenters. The first-order chi connectivity index (χ1) is 8.04. The smallest absolute Gasteiger partial charge is 0.236 e. The molecule has 0 aromatic heterocycles. The summed E-state index contributed by atoms with van der Waals surface area (Å²) in [5.41, 5.74) is 0. The van der Waals surface area contributed by atoms with Crippen LogP contribution in [0.2, 0.25) is 0 Å². The molecule has 1 fully saturated rings. The van der Waals surface area contributed by atoms with E-state index in [0.29, 0.717) is 19.1 Å². The lowest BCUT2D eigenvalue weighted by Gasteiger charge is -2.34. The Hall–Kier alpha value is -1.08. The molecule has 1 aliphatic carbocycles. The highest BCUT2D eigenvalue weighted by molar-refractivity contribution is 5.78. The van der Waals surface area contributed by atoms with E-state index in [1.165, 1.54) is 12.8 Å². The van der Waals surface area contributed by atoms with E-state index in [1.807, 2.05) is 11.9 Å². The van der Waals surface area contributed by atoms with Crippen LogP contribution in [0.3, 0.4) is 0 Å². The van der Waals surface area contributed by atoms with Crippen LogP contribution in [-0.2, 0) is 4.79 Å². The third-order valence-electron chi connectivity index (χ3n) is 3.67. The molecule has 1 amide bonds. The Balaban J connectivity index is 2.39. The van der Waals surface area contributed by atoms with Crippen molar-refractivity contribution >= 4 is 5.91 Å². The second-order valence-corrected chi connectivity index (χ2v) is 5.25. The molecule has 1 saturated carbocycles. The van der Waals surface area contributed by atoms with E-state index in [4.69, 9.17) is 5.26 Å². The summed E-state index contributed by atoms with van der Waals surface area (Å²) in [5, 5.41) is 8.55. The Bertz CT molecular complexity index is 290. The zero-order valence-corrected chi connectivity index (χ0v) is 11.1. The van der Waals surface area contributed by atoms with E-state index in [1.54, 1.807) is 11.9 Å². The van der Waals surface area contributed by atoms with Crippen LogP contribution in [0.25, 0.3) is 0 Å². The maximum Gasteiger partial charge on any atom is 0.236 e. The monoisotopic (exact) mass is 237 g/mol. The maximum absolute atomic E-state index is 12.0. The van der Waals surface area contributed by atoms with Gasteiger partial charge in [-0.15, -0.1) is 0 Å². The number of hydrogen-bond acceptors (Lipinski definition) is 3. The molecule has 0 aromatic rings. The molecule has 0 aromatic carbocycles. The predicted molar refractivity (Wildman–Crippen MR) is 67.3 cm³/mol. The van der Waals surface area contributed by atoms with E-state index in [-0.39, 0.29) is 5.91 Å². The molecule has 17 heavy (non-hydrogen) atoms. The van der Waals surface area contributed by atoms with Crippen molar-refractivity contribution in [2.45, 2.75) is 38.6 Å². The van der Waals surface area contributed by atoms with Crippen LogP contribution in [0, 0.1) is 17.2 Å². The zero-order chi connectivity index (χ0) is 12.8. The van der Waals surface area contributed by atoms with Crippen molar-refractivity contribution in [1.82, 2.24) is 9.80 Å². The summed E-state index contributed by atoms with van der Waals surface area (Å²) in [6.45, 7) is 2.93. The van der Waals surface area contributed by atoms with Crippen LogP contribution in [0.1, 0.15) is 32.6 Å². The van der Waals surface area contributed by atoms with Gasteiger partial charge in [-0.05, 0) is 38.6 Å².